The van der Waals surface area contributed by atoms with Crippen LogP contribution in [-0.2, 0) is 0 Å². The van der Waals surface area contributed by atoms with Gasteiger partial charge >= 0.3 is 0 Å². The van der Waals surface area contributed by atoms with E-state index in [0.29, 0.717) is 0 Å². The lowest BCUT2D eigenvalue weighted by Crippen LogP contribution is -2.54. The molecule has 1 aromatic carbocycles. The predicted molar refractivity (Wildman–Crippen MR) is 108 cm³/mol. The third-order valence-corrected chi connectivity index (χ3v) is 6.07. The number of hydrogen-bond donors (Lipinski definition) is 0. The number of hydrogen-bond acceptors (Lipinski definition) is 5. The second-order valence-corrected chi connectivity index (χ2v) is 8.13. The zero-order chi connectivity index (χ0) is 17.8. The Balaban J connectivity index is 1.51. The van der Waals surface area contributed by atoms with E-state index in [2.05, 4.69) is 34.7 Å². The Morgan fingerprint density at radius 1 is 1.08 bits per heavy atom. The molecule has 4 aliphatic rings. The summed E-state index contributed by atoms with van der Waals surface area (Å²) >= 11 is 6.26. The van der Waals surface area contributed by atoms with Crippen LogP contribution < -0.4 is 4.90 Å². The molecule has 0 bridgehead atoms. The minimum atomic E-state index is 0.180. The van der Waals surface area contributed by atoms with E-state index in [-0.39, 0.29) is 6.04 Å². The van der Waals surface area contributed by atoms with E-state index in [1.54, 1.807) is 0 Å². The van der Waals surface area contributed by atoms with Gasteiger partial charge in [0.2, 0.25) is 0 Å². The van der Waals surface area contributed by atoms with Crippen molar-refractivity contribution in [1.29, 1.82) is 0 Å². The van der Waals surface area contributed by atoms with Gasteiger partial charge in [-0.1, -0.05) is 11.6 Å². The Bertz CT molecular complexity index is 831. The molecule has 1 aliphatic carbocycles. The molecule has 2 fully saturated rings. The van der Waals surface area contributed by atoms with Crippen LogP contribution in [0.3, 0.4) is 0 Å². The molecule has 0 aromatic heterocycles. The molecular weight excluding hydrogens is 346 g/mol. The number of piperazine rings is 1. The number of fused-ring (bicyclic) bond motifs is 3. The molecule has 5 nitrogen and oxygen atoms in total. The molecule has 5 rings (SSSR count). The van der Waals surface area contributed by atoms with Crippen LogP contribution in [0.5, 0.6) is 0 Å². The molecular formula is C20H24ClN5. The summed E-state index contributed by atoms with van der Waals surface area (Å²) < 4.78 is 0. The lowest BCUT2D eigenvalue weighted by molar-refractivity contribution is 0.175. The summed E-state index contributed by atoms with van der Waals surface area (Å²) in [4.78, 5) is 17.2. The molecule has 0 N–H and O–H groups in total. The van der Waals surface area contributed by atoms with Crippen LogP contribution in [0.2, 0.25) is 5.02 Å². The van der Waals surface area contributed by atoms with Crippen LogP contribution in [-0.4, -0.2) is 59.7 Å². The van der Waals surface area contributed by atoms with E-state index >= 15 is 0 Å². The third-order valence-electron chi connectivity index (χ3n) is 5.84. The van der Waals surface area contributed by atoms with Gasteiger partial charge in [0, 0.05) is 43.4 Å². The van der Waals surface area contributed by atoms with Crippen molar-refractivity contribution >= 4 is 34.6 Å². The fourth-order valence-corrected chi connectivity index (χ4v) is 4.13. The summed E-state index contributed by atoms with van der Waals surface area (Å²) in [5.41, 5.74) is 3.23. The maximum atomic E-state index is 6.26. The first-order valence-corrected chi connectivity index (χ1v) is 9.91. The topological polar surface area (TPSA) is 34.4 Å². The van der Waals surface area contributed by atoms with E-state index in [9.17, 15) is 0 Å². The average molecular weight is 370 g/mol. The zero-order valence-corrected chi connectivity index (χ0v) is 16.1. The Morgan fingerprint density at radius 2 is 1.85 bits per heavy atom. The van der Waals surface area contributed by atoms with Crippen LogP contribution in [0.15, 0.2) is 40.0 Å². The first-order chi connectivity index (χ1) is 12.6. The summed E-state index contributed by atoms with van der Waals surface area (Å²) in [6.45, 7) is 8.55. The molecule has 6 heteroatoms. The second kappa shape index (κ2) is 6.10. The van der Waals surface area contributed by atoms with Crippen LogP contribution >= 0.6 is 11.6 Å². The van der Waals surface area contributed by atoms with Gasteiger partial charge in [-0.2, -0.15) is 0 Å². The van der Waals surface area contributed by atoms with Gasteiger partial charge in [0.05, 0.1) is 17.4 Å². The molecule has 0 amide bonds. The summed E-state index contributed by atoms with van der Waals surface area (Å²) in [7, 11) is 0. The summed E-state index contributed by atoms with van der Waals surface area (Å²) in [5.74, 6) is 1.96. The van der Waals surface area contributed by atoms with Crippen LogP contribution in [0, 0.1) is 0 Å². The van der Waals surface area contributed by atoms with E-state index in [0.717, 1.165) is 60.3 Å². The number of nitrogens with zero attached hydrogens (tertiary/aromatic N) is 5. The minimum Gasteiger partial charge on any atom is -0.351 e. The van der Waals surface area contributed by atoms with Gasteiger partial charge in [0.25, 0.3) is 0 Å². The highest BCUT2D eigenvalue weighted by molar-refractivity contribution is 6.48. The quantitative estimate of drug-likeness (QED) is 0.757. The number of rotatable bonds is 1. The van der Waals surface area contributed by atoms with Gasteiger partial charge in [0.1, 0.15) is 0 Å². The first kappa shape index (κ1) is 16.3. The highest BCUT2D eigenvalue weighted by atomic mass is 35.5. The third kappa shape index (κ3) is 2.74. The van der Waals surface area contributed by atoms with Gasteiger partial charge in [-0.25, -0.2) is 4.99 Å². The highest BCUT2D eigenvalue weighted by Crippen LogP contribution is 2.38. The monoisotopic (exact) mass is 369 g/mol. The molecule has 1 unspecified atom stereocenters. The fourth-order valence-electron chi connectivity index (χ4n) is 3.97. The SMILES string of the molecule is CC1=CN2C(=NC1C)C(N1CCN(C3CC3)CC1)=Nc1ccc(Cl)cc12. The number of halogens is 1. The Labute approximate surface area is 159 Å². The van der Waals surface area contributed by atoms with Crippen molar-refractivity contribution in [2.75, 3.05) is 31.1 Å². The number of aliphatic imine (C=N–C) groups is 2. The van der Waals surface area contributed by atoms with Crippen molar-refractivity contribution in [2.24, 2.45) is 9.98 Å². The second-order valence-electron chi connectivity index (χ2n) is 7.69. The molecule has 3 heterocycles. The summed E-state index contributed by atoms with van der Waals surface area (Å²) in [6.07, 6.45) is 4.94. The normalized spacial score (nSPS) is 26.0. The summed E-state index contributed by atoms with van der Waals surface area (Å²) in [5, 5.41) is 0.726. The van der Waals surface area contributed by atoms with E-state index in [4.69, 9.17) is 21.6 Å². The Hall–Kier alpha value is -1.85. The zero-order valence-electron chi connectivity index (χ0n) is 15.3. The van der Waals surface area contributed by atoms with Crippen molar-refractivity contribution in [3.63, 3.8) is 0 Å². The van der Waals surface area contributed by atoms with Crippen LogP contribution in [0.25, 0.3) is 0 Å². The van der Waals surface area contributed by atoms with Crippen molar-refractivity contribution in [3.8, 4) is 0 Å². The van der Waals surface area contributed by atoms with E-state index in [1.165, 1.54) is 18.4 Å². The van der Waals surface area contributed by atoms with Crippen molar-refractivity contribution in [1.82, 2.24) is 9.80 Å². The van der Waals surface area contributed by atoms with Crippen molar-refractivity contribution in [3.05, 3.63) is 35.0 Å². The highest BCUT2D eigenvalue weighted by Gasteiger charge is 2.36. The fraction of sp³-hybridized carbons (Fsp3) is 0.500. The molecule has 136 valence electrons. The molecule has 0 radical (unpaired) electrons. The van der Waals surface area contributed by atoms with Gasteiger partial charge in [-0.3, -0.25) is 14.8 Å². The van der Waals surface area contributed by atoms with Gasteiger partial charge in [-0.15, -0.1) is 0 Å². The number of amidine groups is 2. The van der Waals surface area contributed by atoms with Crippen molar-refractivity contribution < 1.29 is 0 Å². The largest absolute Gasteiger partial charge is 0.351 e. The summed E-state index contributed by atoms with van der Waals surface area (Å²) in [6, 6.07) is 6.92. The maximum Gasteiger partial charge on any atom is 0.176 e. The standard InChI is InChI=1S/C20H24ClN5/c1-13-12-26-18-11-15(21)3-6-17(18)23-19(20(26)22-14(13)2)25-9-7-24(8-10-25)16-4-5-16/h3,6,11-12,14,16H,4-5,7-10H2,1-2H3. The van der Waals surface area contributed by atoms with Crippen LogP contribution in [0.4, 0.5) is 11.4 Å². The van der Waals surface area contributed by atoms with Gasteiger partial charge < -0.3 is 4.90 Å². The molecule has 1 saturated heterocycles. The number of anilines is 1. The molecule has 26 heavy (non-hydrogen) atoms. The lowest BCUT2D eigenvalue weighted by Gasteiger charge is -2.41. The minimum absolute atomic E-state index is 0.180. The first-order valence-electron chi connectivity index (χ1n) is 9.53. The van der Waals surface area contributed by atoms with E-state index in [1.807, 2.05) is 18.2 Å². The van der Waals surface area contributed by atoms with Crippen molar-refractivity contribution in [2.45, 2.75) is 38.8 Å². The van der Waals surface area contributed by atoms with Crippen LogP contribution in [0.1, 0.15) is 26.7 Å². The molecule has 1 aromatic rings. The molecule has 1 saturated carbocycles. The maximum absolute atomic E-state index is 6.26. The lowest BCUT2D eigenvalue weighted by atomic mass is 10.1. The molecule has 0 spiro atoms. The van der Waals surface area contributed by atoms with Gasteiger partial charge in [-0.05, 0) is 50.5 Å². The Kier molecular flexibility index (Phi) is 3.83. The van der Waals surface area contributed by atoms with E-state index < -0.39 is 0 Å². The Morgan fingerprint density at radius 3 is 2.58 bits per heavy atom. The van der Waals surface area contributed by atoms with Gasteiger partial charge in [0.15, 0.2) is 11.7 Å². The molecule has 1 atom stereocenters. The molecule has 3 aliphatic heterocycles. The predicted octanol–water partition coefficient (Wildman–Crippen LogP) is 3.67. The smallest absolute Gasteiger partial charge is 0.176 e. The average Bonchev–Trinajstić information content (AvgIpc) is 3.48. The number of benzene rings is 1.